The molecule has 0 amide bonds. The van der Waals surface area contributed by atoms with Crippen molar-refractivity contribution in [1.29, 1.82) is 0 Å². The Morgan fingerprint density at radius 1 is 1.00 bits per heavy atom. The van der Waals surface area contributed by atoms with Crippen LogP contribution in [0.25, 0.3) is 0 Å². The van der Waals surface area contributed by atoms with Gasteiger partial charge in [0.2, 0.25) is 0 Å². The van der Waals surface area contributed by atoms with Gasteiger partial charge in [0, 0.05) is 5.56 Å². The molecular weight excluding hydrogens is 262 g/mol. The lowest BCUT2D eigenvalue weighted by molar-refractivity contribution is -0.110. The maximum absolute atomic E-state index is 11.1. The lowest BCUT2D eigenvalue weighted by Crippen LogP contribution is -2.00. The number of carbonyl (C=O) groups excluding carboxylic acids is 1. The number of benzene rings is 1. The predicted octanol–water partition coefficient (Wildman–Crippen LogP) is 3.62. The SMILES string of the molecule is C=CCc1c(O)ccc(N=C2C=CC(=O)C=C2)c1CC=C. The molecule has 0 saturated carbocycles. The highest BCUT2D eigenvalue weighted by Gasteiger charge is 2.11. The first-order valence-corrected chi connectivity index (χ1v) is 6.70. The molecule has 0 unspecified atom stereocenters. The third kappa shape index (κ3) is 3.45. The number of phenolic OH excluding ortho intramolecular Hbond substituents is 1. The second kappa shape index (κ2) is 6.66. The maximum atomic E-state index is 11.1. The van der Waals surface area contributed by atoms with Crippen LogP contribution in [0, 0.1) is 0 Å². The molecule has 1 aromatic rings. The van der Waals surface area contributed by atoms with Crippen LogP contribution in [-0.4, -0.2) is 16.6 Å². The smallest absolute Gasteiger partial charge is 0.178 e. The highest BCUT2D eigenvalue weighted by atomic mass is 16.3. The second-order valence-electron chi connectivity index (χ2n) is 4.65. The lowest BCUT2D eigenvalue weighted by Gasteiger charge is -2.12. The van der Waals surface area contributed by atoms with Crippen molar-refractivity contribution in [1.82, 2.24) is 0 Å². The number of ketones is 1. The normalized spacial score (nSPS) is 13.3. The van der Waals surface area contributed by atoms with Crippen LogP contribution in [0.3, 0.4) is 0 Å². The third-order valence-corrected chi connectivity index (χ3v) is 3.16. The Hall–Kier alpha value is -2.68. The van der Waals surface area contributed by atoms with E-state index in [9.17, 15) is 9.90 Å². The fourth-order valence-corrected chi connectivity index (χ4v) is 2.18. The standard InChI is InChI=1S/C18H17NO2/c1-3-5-15-16(6-4-2)18(21)12-11-17(15)19-13-7-9-14(20)10-8-13/h3-4,7-12,21H,1-2,5-6H2. The van der Waals surface area contributed by atoms with E-state index < -0.39 is 0 Å². The molecule has 1 aliphatic carbocycles. The molecule has 0 heterocycles. The molecular formula is C18H17NO2. The molecule has 1 aromatic carbocycles. The number of carbonyl (C=O) groups is 1. The van der Waals surface area contributed by atoms with Crippen LogP contribution in [0.15, 0.2) is 66.7 Å². The summed E-state index contributed by atoms with van der Waals surface area (Å²) < 4.78 is 0. The van der Waals surface area contributed by atoms with Crippen molar-refractivity contribution in [2.24, 2.45) is 4.99 Å². The van der Waals surface area contributed by atoms with Crippen molar-refractivity contribution in [3.8, 4) is 5.75 Å². The third-order valence-electron chi connectivity index (χ3n) is 3.16. The van der Waals surface area contributed by atoms with Gasteiger partial charge in [0.1, 0.15) is 5.75 Å². The van der Waals surface area contributed by atoms with E-state index in [0.717, 1.165) is 16.8 Å². The van der Waals surface area contributed by atoms with E-state index in [4.69, 9.17) is 0 Å². The largest absolute Gasteiger partial charge is 0.508 e. The van der Waals surface area contributed by atoms with E-state index in [1.54, 1.807) is 36.4 Å². The van der Waals surface area contributed by atoms with Crippen molar-refractivity contribution < 1.29 is 9.90 Å². The number of aliphatic imine (C=N–C) groups is 1. The van der Waals surface area contributed by atoms with E-state index in [0.29, 0.717) is 18.6 Å². The molecule has 1 N–H and O–H groups in total. The molecule has 0 radical (unpaired) electrons. The van der Waals surface area contributed by atoms with Gasteiger partial charge in [0.15, 0.2) is 5.78 Å². The summed E-state index contributed by atoms with van der Waals surface area (Å²) in [5.74, 6) is 0.193. The van der Waals surface area contributed by atoms with Gasteiger partial charge in [-0.05, 0) is 54.8 Å². The monoisotopic (exact) mass is 279 g/mol. The summed E-state index contributed by atoms with van der Waals surface area (Å²) in [6, 6.07) is 3.40. The first kappa shape index (κ1) is 14.7. The summed E-state index contributed by atoms with van der Waals surface area (Å²) in [6.45, 7) is 7.48. The Labute approximate surface area is 124 Å². The summed E-state index contributed by atoms with van der Waals surface area (Å²) in [5, 5.41) is 10.0. The van der Waals surface area contributed by atoms with Gasteiger partial charge < -0.3 is 5.11 Å². The first-order valence-electron chi connectivity index (χ1n) is 6.70. The van der Waals surface area contributed by atoms with Crippen LogP contribution in [0.4, 0.5) is 5.69 Å². The molecule has 0 saturated heterocycles. The molecule has 0 spiro atoms. The minimum atomic E-state index is -0.0432. The second-order valence-corrected chi connectivity index (χ2v) is 4.65. The Balaban J connectivity index is 2.50. The summed E-state index contributed by atoms with van der Waals surface area (Å²) in [4.78, 5) is 15.7. The summed E-state index contributed by atoms with van der Waals surface area (Å²) in [6.07, 6.45) is 11.0. The van der Waals surface area contributed by atoms with Crippen LogP contribution >= 0.6 is 0 Å². The zero-order valence-electron chi connectivity index (χ0n) is 11.7. The number of hydrogen-bond donors (Lipinski definition) is 1. The van der Waals surface area contributed by atoms with Crippen molar-refractivity contribution >= 4 is 17.2 Å². The van der Waals surface area contributed by atoms with E-state index in [1.165, 1.54) is 12.2 Å². The minimum absolute atomic E-state index is 0.0432. The quantitative estimate of drug-likeness (QED) is 0.661. The van der Waals surface area contributed by atoms with Gasteiger partial charge in [0.05, 0.1) is 11.4 Å². The maximum Gasteiger partial charge on any atom is 0.178 e. The highest BCUT2D eigenvalue weighted by molar-refractivity contribution is 6.17. The van der Waals surface area contributed by atoms with Crippen molar-refractivity contribution in [2.45, 2.75) is 12.8 Å². The predicted molar refractivity (Wildman–Crippen MR) is 86.3 cm³/mol. The number of aromatic hydroxyl groups is 1. The zero-order chi connectivity index (χ0) is 15.2. The topological polar surface area (TPSA) is 49.7 Å². The first-order chi connectivity index (χ1) is 10.2. The Morgan fingerprint density at radius 2 is 1.62 bits per heavy atom. The Kier molecular flexibility index (Phi) is 4.67. The summed E-state index contributed by atoms with van der Waals surface area (Å²) in [5.41, 5.74) is 3.21. The fourth-order valence-electron chi connectivity index (χ4n) is 2.18. The molecule has 0 aromatic heterocycles. The molecule has 1 aliphatic rings. The van der Waals surface area contributed by atoms with Crippen LogP contribution in [0.2, 0.25) is 0 Å². The Morgan fingerprint density at radius 3 is 2.24 bits per heavy atom. The van der Waals surface area contributed by atoms with Gasteiger partial charge in [-0.15, -0.1) is 13.2 Å². The molecule has 21 heavy (non-hydrogen) atoms. The number of hydrogen-bond acceptors (Lipinski definition) is 3. The van der Waals surface area contributed by atoms with Gasteiger partial charge >= 0.3 is 0 Å². The summed E-state index contributed by atoms with van der Waals surface area (Å²) in [7, 11) is 0. The van der Waals surface area contributed by atoms with E-state index in [2.05, 4.69) is 18.2 Å². The van der Waals surface area contributed by atoms with E-state index in [1.807, 2.05) is 0 Å². The van der Waals surface area contributed by atoms with Crippen LogP contribution in [0.1, 0.15) is 11.1 Å². The van der Waals surface area contributed by atoms with Crippen molar-refractivity contribution in [3.05, 3.63) is 72.9 Å². The zero-order valence-corrected chi connectivity index (χ0v) is 11.7. The van der Waals surface area contributed by atoms with Gasteiger partial charge in [-0.2, -0.15) is 0 Å². The molecule has 2 rings (SSSR count). The average Bonchev–Trinajstić information content (AvgIpc) is 2.48. The number of phenols is 1. The molecule has 0 aliphatic heterocycles. The van der Waals surface area contributed by atoms with Crippen LogP contribution in [-0.2, 0) is 17.6 Å². The van der Waals surface area contributed by atoms with E-state index in [-0.39, 0.29) is 11.5 Å². The number of allylic oxidation sites excluding steroid dienone is 6. The summed E-state index contributed by atoms with van der Waals surface area (Å²) >= 11 is 0. The Bertz CT molecular complexity index is 661. The minimum Gasteiger partial charge on any atom is -0.508 e. The molecule has 106 valence electrons. The highest BCUT2D eigenvalue weighted by Crippen LogP contribution is 2.32. The molecule has 0 bridgehead atoms. The number of nitrogens with zero attached hydrogens (tertiary/aromatic N) is 1. The molecule has 0 atom stereocenters. The van der Waals surface area contributed by atoms with Gasteiger partial charge in [-0.25, -0.2) is 4.99 Å². The molecule has 0 fully saturated rings. The van der Waals surface area contributed by atoms with Crippen molar-refractivity contribution in [3.63, 3.8) is 0 Å². The van der Waals surface area contributed by atoms with Gasteiger partial charge in [0.25, 0.3) is 0 Å². The molecule has 3 nitrogen and oxygen atoms in total. The van der Waals surface area contributed by atoms with E-state index >= 15 is 0 Å². The van der Waals surface area contributed by atoms with Crippen molar-refractivity contribution in [2.75, 3.05) is 0 Å². The van der Waals surface area contributed by atoms with Crippen LogP contribution in [0.5, 0.6) is 5.75 Å². The lowest BCUT2D eigenvalue weighted by atomic mass is 9.98. The number of rotatable bonds is 5. The fraction of sp³-hybridized carbons (Fsp3) is 0.111. The van der Waals surface area contributed by atoms with Gasteiger partial charge in [-0.1, -0.05) is 12.2 Å². The van der Waals surface area contributed by atoms with Crippen LogP contribution < -0.4 is 0 Å². The average molecular weight is 279 g/mol. The molecule has 3 heteroatoms. The van der Waals surface area contributed by atoms with Gasteiger partial charge in [-0.3, -0.25) is 4.79 Å².